The lowest BCUT2D eigenvalue weighted by Gasteiger charge is -2.30. The van der Waals surface area contributed by atoms with Gasteiger partial charge in [0.25, 0.3) is 0 Å². The topological polar surface area (TPSA) is 108 Å². The molecule has 2 N–H and O–H groups in total. The van der Waals surface area contributed by atoms with Gasteiger partial charge in [-0.1, -0.05) is 6.07 Å². The smallest absolute Gasteiger partial charge is 0.223 e. The Balaban J connectivity index is 1.45. The van der Waals surface area contributed by atoms with E-state index >= 15 is 0 Å². The van der Waals surface area contributed by atoms with Gasteiger partial charge in [-0.2, -0.15) is 4.52 Å². The van der Waals surface area contributed by atoms with E-state index in [0.29, 0.717) is 29.3 Å². The van der Waals surface area contributed by atoms with Crippen LogP contribution in [0.1, 0.15) is 30.1 Å². The zero-order chi connectivity index (χ0) is 20.1. The average molecular weight is 393 g/mol. The highest BCUT2D eigenvalue weighted by Crippen LogP contribution is 2.28. The van der Waals surface area contributed by atoms with Gasteiger partial charge in [0.2, 0.25) is 5.95 Å². The quantitative estimate of drug-likeness (QED) is 0.562. The van der Waals surface area contributed by atoms with Crippen molar-refractivity contribution < 1.29 is 9.15 Å². The highest BCUT2D eigenvalue weighted by atomic mass is 16.5. The Labute approximate surface area is 167 Å². The van der Waals surface area contributed by atoms with Gasteiger partial charge in [0, 0.05) is 37.7 Å². The van der Waals surface area contributed by atoms with Crippen molar-refractivity contribution >= 4 is 22.5 Å². The van der Waals surface area contributed by atoms with E-state index in [4.69, 9.17) is 19.9 Å². The second kappa shape index (κ2) is 6.70. The van der Waals surface area contributed by atoms with Crippen molar-refractivity contribution in [3.8, 4) is 5.75 Å². The Kier molecular flexibility index (Phi) is 4.13. The van der Waals surface area contributed by atoms with E-state index in [1.807, 2.05) is 25.1 Å². The third-order valence-corrected chi connectivity index (χ3v) is 5.52. The van der Waals surface area contributed by atoms with Crippen molar-refractivity contribution in [3.63, 3.8) is 0 Å². The van der Waals surface area contributed by atoms with Crippen LogP contribution in [0, 0.1) is 6.92 Å². The summed E-state index contributed by atoms with van der Waals surface area (Å²) in [5.41, 5.74) is 8.62. The van der Waals surface area contributed by atoms with Gasteiger partial charge >= 0.3 is 0 Å². The molecule has 1 aromatic carbocycles. The molecule has 1 atom stereocenters. The number of benzene rings is 1. The number of para-hydroxylation sites is 1. The highest BCUT2D eigenvalue weighted by Gasteiger charge is 2.26. The van der Waals surface area contributed by atoms with Crippen LogP contribution in [0.2, 0.25) is 0 Å². The molecule has 0 fully saturated rings. The first kappa shape index (κ1) is 17.9. The summed E-state index contributed by atoms with van der Waals surface area (Å²) in [5, 5.41) is 5.48. The van der Waals surface area contributed by atoms with E-state index in [2.05, 4.69) is 26.9 Å². The van der Waals surface area contributed by atoms with Crippen LogP contribution in [0.4, 0.5) is 5.95 Å². The van der Waals surface area contributed by atoms with Crippen molar-refractivity contribution in [2.45, 2.75) is 39.3 Å². The molecule has 9 nitrogen and oxygen atoms in total. The van der Waals surface area contributed by atoms with Gasteiger partial charge in [-0.25, -0.2) is 15.0 Å². The number of nitrogens with two attached hydrogens (primary N) is 1. The van der Waals surface area contributed by atoms with Crippen molar-refractivity contribution in [1.29, 1.82) is 0 Å². The number of methoxy groups -OCH3 is 1. The van der Waals surface area contributed by atoms with Crippen molar-refractivity contribution in [2.75, 3.05) is 19.4 Å². The number of ether oxygens (including phenoxy) is 1. The largest absolute Gasteiger partial charge is 0.494 e. The summed E-state index contributed by atoms with van der Waals surface area (Å²) in [6, 6.07) is 5.99. The molecule has 9 heteroatoms. The number of aromatic nitrogens is 5. The van der Waals surface area contributed by atoms with E-state index in [1.54, 1.807) is 11.6 Å². The molecule has 1 aliphatic rings. The molecule has 0 saturated heterocycles. The van der Waals surface area contributed by atoms with Crippen molar-refractivity contribution in [2.24, 2.45) is 0 Å². The fourth-order valence-corrected chi connectivity index (χ4v) is 4.03. The third-order valence-electron chi connectivity index (χ3n) is 5.52. The maximum absolute atomic E-state index is 6.15. The molecule has 0 aliphatic carbocycles. The summed E-state index contributed by atoms with van der Waals surface area (Å²) in [4.78, 5) is 16.1. The number of hydrogen-bond donors (Lipinski definition) is 1. The molecule has 5 rings (SSSR count). The van der Waals surface area contributed by atoms with E-state index in [1.165, 1.54) is 0 Å². The van der Waals surface area contributed by atoms with Crippen LogP contribution in [-0.2, 0) is 19.4 Å². The van der Waals surface area contributed by atoms with Crippen LogP contribution in [-0.4, -0.2) is 49.2 Å². The summed E-state index contributed by atoms with van der Waals surface area (Å²) in [6.45, 7) is 5.78. The normalized spacial score (nSPS) is 15.7. The van der Waals surface area contributed by atoms with E-state index in [0.717, 1.165) is 48.1 Å². The number of hydrogen-bond acceptors (Lipinski definition) is 8. The summed E-state index contributed by atoms with van der Waals surface area (Å²) >= 11 is 0. The van der Waals surface area contributed by atoms with Gasteiger partial charge in [0.05, 0.1) is 19.3 Å². The molecule has 0 bridgehead atoms. The van der Waals surface area contributed by atoms with Gasteiger partial charge in [0.1, 0.15) is 17.0 Å². The Bertz CT molecular complexity index is 1210. The maximum atomic E-state index is 6.15. The predicted molar refractivity (Wildman–Crippen MR) is 108 cm³/mol. The molecule has 1 aliphatic heterocycles. The number of oxazole rings is 1. The standard InChI is InChI=1S/C20H23N7O2/c1-11(26-8-7-14-16(10-26)29-12(2)22-14)9-17-23-19-13-5-4-6-15(28-3)18(13)24-20(21)27(19)25-17/h4-6,11H,7-10H2,1-3H3,(H2,21,24)/t11-/m1/s1. The summed E-state index contributed by atoms with van der Waals surface area (Å²) in [7, 11) is 1.62. The van der Waals surface area contributed by atoms with E-state index in [-0.39, 0.29) is 6.04 Å². The molecular formula is C20H23N7O2. The summed E-state index contributed by atoms with van der Waals surface area (Å²) < 4.78 is 12.8. The molecule has 3 aromatic heterocycles. The Hall–Kier alpha value is -3.20. The Morgan fingerprint density at radius 1 is 1.28 bits per heavy atom. The number of rotatable bonds is 4. The molecule has 4 aromatic rings. The van der Waals surface area contributed by atoms with Gasteiger partial charge in [-0.3, -0.25) is 4.90 Å². The van der Waals surface area contributed by atoms with Crippen LogP contribution in [0.5, 0.6) is 5.75 Å². The molecule has 0 radical (unpaired) electrons. The van der Waals surface area contributed by atoms with Gasteiger partial charge in [-0.05, 0) is 19.1 Å². The minimum absolute atomic E-state index is 0.251. The maximum Gasteiger partial charge on any atom is 0.223 e. The molecule has 4 heterocycles. The van der Waals surface area contributed by atoms with Crippen molar-refractivity contribution in [1.82, 2.24) is 29.5 Å². The number of anilines is 1. The minimum Gasteiger partial charge on any atom is -0.494 e. The zero-order valence-electron chi connectivity index (χ0n) is 16.7. The van der Waals surface area contributed by atoms with Gasteiger partial charge in [0.15, 0.2) is 17.4 Å². The molecule has 0 unspecified atom stereocenters. The van der Waals surface area contributed by atoms with Crippen LogP contribution in [0.15, 0.2) is 22.6 Å². The van der Waals surface area contributed by atoms with Gasteiger partial charge < -0.3 is 14.9 Å². The van der Waals surface area contributed by atoms with Gasteiger partial charge in [-0.15, -0.1) is 5.10 Å². The lowest BCUT2D eigenvalue weighted by atomic mass is 10.1. The van der Waals surface area contributed by atoms with Crippen LogP contribution >= 0.6 is 0 Å². The van der Waals surface area contributed by atoms with Crippen molar-refractivity contribution in [3.05, 3.63) is 41.4 Å². The number of nitrogens with zero attached hydrogens (tertiary/aromatic N) is 6. The molecule has 150 valence electrons. The second-order valence-electron chi connectivity index (χ2n) is 7.47. The molecule has 0 amide bonds. The SMILES string of the molecule is COc1cccc2c1nc(N)n1nc(C[C@@H](C)N3CCc4nc(C)oc4C3)nc21. The summed E-state index contributed by atoms with van der Waals surface area (Å²) in [5.74, 6) is 3.40. The minimum atomic E-state index is 0.251. The van der Waals surface area contributed by atoms with Crippen LogP contribution < -0.4 is 10.5 Å². The lowest BCUT2D eigenvalue weighted by Crippen LogP contribution is -2.38. The van der Waals surface area contributed by atoms with E-state index in [9.17, 15) is 0 Å². The Morgan fingerprint density at radius 3 is 2.97 bits per heavy atom. The number of aryl methyl sites for hydroxylation is 1. The second-order valence-corrected chi connectivity index (χ2v) is 7.47. The molecular weight excluding hydrogens is 370 g/mol. The Morgan fingerprint density at radius 2 is 2.14 bits per heavy atom. The molecule has 29 heavy (non-hydrogen) atoms. The monoisotopic (exact) mass is 393 g/mol. The highest BCUT2D eigenvalue weighted by molar-refractivity contribution is 5.95. The predicted octanol–water partition coefficient (Wildman–Crippen LogP) is 2.15. The molecule has 0 spiro atoms. The molecule has 0 saturated carbocycles. The van der Waals surface area contributed by atoms with Crippen LogP contribution in [0.3, 0.4) is 0 Å². The zero-order valence-corrected chi connectivity index (χ0v) is 16.7. The number of fused-ring (bicyclic) bond motifs is 4. The lowest BCUT2D eigenvalue weighted by molar-refractivity contribution is 0.170. The first-order valence-corrected chi connectivity index (χ1v) is 9.70. The van der Waals surface area contributed by atoms with E-state index < -0.39 is 0 Å². The van der Waals surface area contributed by atoms with Crippen LogP contribution in [0.25, 0.3) is 16.6 Å². The first-order valence-electron chi connectivity index (χ1n) is 9.70. The fraction of sp³-hybridized carbons (Fsp3) is 0.400. The average Bonchev–Trinajstić information content (AvgIpc) is 3.30. The first-order chi connectivity index (χ1) is 14.0. The summed E-state index contributed by atoms with van der Waals surface area (Å²) in [6.07, 6.45) is 1.60. The third kappa shape index (κ3) is 2.98. The fourth-order valence-electron chi connectivity index (χ4n) is 4.03. The number of nitrogen functional groups attached to an aromatic ring is 1.